The molecule has 0 atom stereocenters. The Morgan fingerprint density at radius 2 is 1.68 bits per heavy atom. The zero-order chi connectivity index (χ0) is 20.5. The fraction of sp³-hybridized carbons (Fsp3) is 0.250. The first-order chi connectivity index (χ1) is 13.4. The van der Waals surface area contributed by atoms with Crippen LogP contribution in [0.2, 0.25) is 0 Å². The van der Waals surface area contributed by atoms with E-state index in [2.05, 4.69) is 30.0 Å². The summed E-state index contributed by atoms with van der Waals surface area (Å²) in [6, 6.07) is 13.5. The van der Waals surface area contributed by atoms with E-state index in [1.165, 1.54) is 7.11 Å². The molecule has 0 saturated carbocycles. The van der Waals surface area contributed by atoms with Crippen LogP contribution in [0.25, 0.3) is 0 Å². The van der Waals surface area contributed by atoms with E-state index < -0.39 is 11.8 Å². The van der Waals surface area contributed by atoms with Gasteiger partial charge < -0.3 is 9.47 Å². The number of thiocarbonyl (C=S) groups is 1. The Morgan fingerprint density at radius 3 is 2.32 bits per heavy atom. The van der Waals surface area contributed by atoms with Crippen LogP contribution in [0.15, 0.2) is 48.5 Å². The summed E-state index contributed by atoms with van der Waals surface area (Å²) >= 11 is 5.04. The minimum absolute atomic E-state index is 0.0406. The van der Waals surface area contributed by atoms with Gasteiger partial charge in [-0.25, -0.2) is 0 Å². The molecule has 0 aliphatic heterocycles. The maximum Gasteiger partial charge on any atom is 0.269 e. The molecule has 2 rings (SSSR count). The Labute approximate surface area is 169 Å². The normalized spacial score (nSPS) is 10.1. The second kappa shape index (κ2) is 10.3. The quantitative estimate of drug-likeness (QED) is 0.510. The molecule has 2 aromatic carbocycles. The summed E-state index contributed by atoms with van der Waals surface area (Å²) in [6.07, 6.45) is 0. The maximum absolute atomic E-state index is 12.3. The van der Waals surface area contributed by atoms with Crippen LogP contribution in [0.3, 0.4) is 0 Å². The number of carbonyl (C=O) groups is 2. The van der Waals surface area contributed by atoms with Crippen LogP contribution in [0.1, 0.15) is 34.6 Å². The van der Waals surface area contributed by atoms with Gasteiger partial charge in [-0.05, 0) is 54.5 Å². The van der Waals surface area contributed by atoms with Gasteiger partial charge in [0, 0.05) is 5.56 Å². The summed E-state index contributed by atoms with van der Waals surface area (Å²) < 4.78 is 10.7. The molecule has 3 N–H and O–H groups in total. The van der Waals surface area contributed by atoms with Crippen LogP contribution in [-0.4, -0.2) is 30.6 Å². The number of hydrazine groups is 1. The molecule has 0 spiro atoms. The fourth-order valence-corrected chi connectivity index (χ4v) is 2.33. The monoisotopic (exact) mass is 401 g/mol. The number of carbonyl (C=O) groups excluding carboxylic acids is 2. The third kappa shape index (κ3) is 6.24. The molecule has 0 saturated heterocycles. The zero-order valence-corrected chi connectivity index (χ0v) is 16.8. The lowest BCUT2D eigenvalue weighted by Gasteiger charge is -2.12. The van der Waals surface area contributed by atoms with Gasteiger partial charge in [0.05, 0.1) is 19.3 Å². The minimum Gasteiger partial charge on any atom is -0.496 e. The van der Waals surface area contributed by atoms with Crippen molar-refractivity contribution in [2.45, 2.75) is 13.8 Å². The predicted molar refractivity (Wildman–Crippen MR) is 110 cm³/mol. The van der Waals surface area contributed by atoms with Crippen molar-refractivity contribution in [2.24, 2.45) is 5.92 Å². The van der Waals surface area contributed by atoms with Crippen molar-refractivity contribution in [3.8, 4) is 11.5 Å². The van der Waals surface area contributed by atoms with Crippen LogP contribution in [-0.2, 0) is 0 Å². The van der Waals surface area contributed by atoms with E-state index in [0.717, 1.165) is 0 Å². The summed E-state index contributed by atoms with van der Waals surface area (Å²) in [5, 5.41) is 2.44. The van der Waals surface area contributed by atoms with E-state index in [1.54, 1.807) is 48.5 Å². The highest BCUT2D eigenvalue weighted by molar-refractivity contribution is 7.80. The molecule has 0 aliphatic carbocycles. The number of amides is 2. The molecule has 0 aliphatic rings. The number of ether oxygens (including phenoxy) is 2. The van der Waals surface area contributed by atoms with Gasteiger partial charge in [-0.3, -0.25) is 25.8 Å². The Balaban J connectivity index is 1.85. The molecule has 0 heterocycles. The van der Waals surface area contributed by atoms with Crippen molar-refractivity contribution >= 4 is 29.1 Å². The van der Waals surface area contributed by atoms with Crippen LogP contribution in [0, 0.1) is 5.92 Å². The first-order valence-electron chi connectivity index (χ1n) is 8.68. The highest BCUT2D eigenvalue weighted by Gasteiger charge is 2.13. The topological polar surface area (TPSA) is 88.7 Å². The number of benzene rings is 2. The van der Waals surface area contributed by atoms with E-state index in [1.807, 2.05) is 0 Å². The van der Waals surface area contributed by atoms with Gasteiger partial charge in [-0.15, -0.1) is 0 Å². The van der Waals surface area contributed by atoms with Crippen molar-refractivity contribution < 1.29 is 19.1 Å². The standard InChI is InChI=1S/C20H23N3O4S/c1-13(2)12-27-15-10-8-14(9-11-15)18(24)22-23-20(28)21-19(25)16-6-4-5-7-17(16)26-3/h4-11,13H,12H2,1-3H3,(H,22,24)(H2,21,23,25,28). The van der Waals surface area contributed by atoms with E-state index in [9.17, 15) is 9.59 Å². The van der Waals surface area contributed by atoms with Gasteiger partial charge in [0.2, 0.25) is 0 Å². The summed E-state index contributed by atoms with van der Waals surface area (Å²) in [5.74, 6) is 0.684. The highest BCUT2D eigenvalue weighted by atomic mass is 32.1. The SMILES string of the molecule is COc1ccccc1C(=O)NC(=S)NNC(=O)c1ccc(OCC(C)C)cc1. The molecule has 0 aromatic heterocycles. The summed E-state index contributed by atoms with van der Waals surface area (Å²) in [5.41, 5.74) is 5.69. The molecule has 7 nitrogen and oxygen atoms in total. The number of methoxy groups -OCH3 is 1. The summed E-state index contributed by atoms with van der Waals surface area (Å²) in [6.45, 7) is 4.72. The predicted octanol–water partition coefficient (Wildman–Crippen LogP) is 2.68. The maximum atomic E-state index is 12.3. The minimum atomic E-state index is -0.448. The Morgan fingerprint density at radius 1 is 1.00 bits per heavy atom. The lowest BCUT2D eigenvalue weighted by Crippen LogP contribution is -2.48. The highest BCUT2D eigenvalue weighted by Crippen LogP contribution is 2.16. The lowest BCUT2D eigenvalue weighted by atomic mass is 10.2. The average molecular weight is 401 g/mol. The number of hydrogen-bond donors (Lipinski definition) is 3. The Bertz CT molecular complexity index is 838. The Hall–Kier alpha value is -3.13. The second-order valence-corrected chi connectivity index (χ2v) is 6.70. The smallest absolute Gasteiger partial charge is 0.269 e. The molecule has 2 amide bonds. The van der Waals surface area contributed by atoms with Crippen molar-refractivity contribution in [3.63, 3.8) is 0 Å². The van der Waals surface area contributed by atoms with Gasteiger partial charge in [0.15, 0.2) is 5.11 Å². The van der Waals surface area contributed by atoms with Crippen molar-refractivity contribution in [1.29, 1.82) is 0 Å². The van der Waals surface area contributed by atoms with Crippen molar-refractivity contribution in [1.82, 2.24) is 16.2 Å². The summed E-state index contributed by atoms with van der Waals surface area (Å²) in [4.78, 5) is 24.4. The summed E-state index contributed by atoms with van der Waals surface area (Å²) in [7, 11) is 1.47. The van der Waals surface area contributed by atoms with Crippen LogP contribution in [0.5, 0.6) is 11.5 Å². The molecule has 148 valence electrons. The van der Waals surface area contributed by atoms with Crippen LogP contribution >= 0.6 is 12.2 Å². The van der Waals surface area contributed by atoms with E-state index in [0.29, 0.717) is 35.2 Å². The molecule has 0 bridgehead atoms. The average Bonchev–Trinajstić information content (AvgIpc) is 2.70. The van der Waals surface area contributed by atoms with E-state index in [4.69, 9.17) is 21.7 Å². The molecular weight excluding hydrogens is 378 g/mol. The van der Waals surface area contributed by atoms with Crippen LogP contribution in [0.4, 0.5) is 0 Å². The van der Waals surface area contributed by atoms with Crippen molar-refractivity contribution in [3.05, 3.63) is 59.7 Å². The van der Waals surface area contributed by atoms with Gasteiger partial charge in [-0.2, -0.15) is 0 Å². The third-order valence-corrected chi connectivity index (χ3v) is 3.77. The van der Waals surface area contributed by atoms with Gasteiger partial charge in [-0.1, -0.05) is 26.0 Å². The van der Waals surface area contributed by atoms with E-state index in [-0.39, 0.29) is 5.11 Å². The number of hydrogen-bond acceptors (Lipinski definition) is 5. The Kier molecular flexibility index (Phi) is 7.76. The largest absolute Gasteiger partial charge is 0.496 e. The van der Waals surface area contributed by atoms with Gasteiger partial charge in [0.25, 0.3) is 11.8 Å². The first kappa shape index (κ1) is 21.2. The number of nitrogens with one attached hydrogen (secondary N) is 3. The zero-order valence-electron chi connectivity index (χ0n) is 15.9. The molecule has 0 unspecified atom stereocenters. The molecule has 28 heavy (non-hydrogen) atoms. The van der Waals surface area contributed by atoms with E-state index >= 15 is 0 Å². The molecule has 0 fully saturated rings. The van der Waals surface area contributed by atoms with Gasteiger partial charge >= 0.3 is 0 Å². The third-order valence-electron chi connectivity index (χ3n) is 3.57. The second-order valence-electron chi connectivity index (χ2n) is 6.29. The first-order valence-corrected chi connectivity index (χ1v) is 9.09. The van der Waals surface area contributed by atoms with Gasteiger partial charge in [0.1, 0.15) is 11.5 Å². The van der Waals surface area contributed by atoms with Crippen molar-refractivity contribution in [2.75, 3.05) is 13.7 Å². The lowest BCUT2D eigenvalue weighted by molar-refractivity contribution is 0.0934. The van der Waals surface area contributed by atoms with Crippen LogP contribution < -0.4 is 25.6 Å². The molecule has 0 radical (unpaired) electrons. The molecule has 2 aromatic rings. The molecular formula is C20H23N3O4S. The number of para-hydroxylation sites is 1. The number of rotatable bonds is 6. The fourth-order valence-electron chi connectivity index (χ4n) is 2.19. The molecule has 8 heteroatoms.